The Bertz CT molecular complexity index is 827. The van der Waals surface area contributed by atoms with Crippen molar-refractivity contribution >= 4 is 26.0 Å². The Labute approximate surface area is 142 Å². The molecule has 0 aromatic carbocycles. The third-order valence-corrected chi connectivity index (χ3v) is 7.58. The second-order valence-corrected chi connectivity index (χ2v) is 10.0. The maximum atomic E-state index is 12.2. The van der Waals surface area contributed by atoms with Gasteiger partial charge in [-0.2, -0.15) is 0 Å². The first kappa shape index (κ1) is 18.9. The molecule has 1 aromatic heterocycles. The van der Waals surface area contributed by atoms with E-state index in [1.54, 1.807) is 7.05 Å². The van der Waals surface area contributed by atoms with Gasteiger partial charge < -0.3 is 9.88 Å². The van der Waals surface area contributed by atoms with E-state index in [2.05, 4.69) is 5.32 Å². The van der Waals surface area contributed by atoms with Crippen molar-refractivity contribution in [2.45, 2.75) is 11.3 Å². The summed E-state index contributed by atoms with van der Waals surface area (Å²) in [7, 11) is -2.40. The molecular weight excluding hydrogens is 356 g/mol. The molecule has 2 rings (SSSR count). The van der Waals surface area contributed by atoms with Crippen molar-refractivity contribution < 1.29 is 21.6 Å². The summed E-state index contributed by atoms with van der Waals surface area (Å²) < 4.78 is 51.4. The highest BCUT2D eigenvalue weighted by Crippen LogP contribution is 2.16. The molecule has 1 N–H and O–H groups in total. The molecule has 1 aromatic rings. The number of hydrogen-bond acceptors (Lipinski definition) is 5. The number of sulfonamides is 2. The second kappa shape index (κ2) is 6.82. The number of nitrogens with one attached hydrogen (secondary N) is 1. The summed E-state index contributed by atoms with van der Waals surface area (Å²) in [5.41, 5.74) is 0.194. The lowest BCUT2D eigenvalue weighted by Gasteiger charge is -2.14. The molecule has 0 aliphatic carbocycles. The molecule has 1 fully saturated rings. The van der Waals surface area contributed by atoms with Crippen LogP contribution in [0.4, 0.5) is 0 Å². The van der Waals surface area contributed by atoms with Crippen LogP contribution in [-0.2, 0) is 27.1 Å². The standard InChI is InChI=1S/C13H22N4O5S2/c1-15(2)24(21,22)11-9-12(16(3)10-11)13(18)14-5-7-17-6-4-8-23(17,19)20/h9-10H,4-8H2,1-3H3,(H,14,18). The van der Waals surface area contributed by atoms with Gasteiger partial charge in [-0.25, -0.2) is 25.4 Å². The van der Waals surface area contributed by atoms with E-state index in [0.717, 1.165) is 4.31 Å². The maximum absolute atomic E-state index is 12.2. The molecule has 1 amide bonds. The molecule has 1 aliphatic rings. The van der Waals surface area contributed by atoms with Gasteiger partial charge >= 0.3 is 0 Å². The van der Waals surface area contributed by atoms with Crippen LogP contribution in [-0.4, -0.2) is 75.4 Å². The van der Waals surface area contributed by atoms with Crippen LogP contribution in [0.5, 0.6) is 0 Å². The predicted molar refractivity (Wildman–Crippen MR) is 88.6 cm³/mol. The lowest BCUT2D eigenvalue weighted by molar-refractivity contribution is 0.0943. The van der Waals surface area contributed by atoms with Crippen LogP contribution in [0, 0.1) is 0 Å². The maximum Gasteiger partial charge on any atom is 0.267 e. The highest BCUT2D eigenvalue weighted by molar-refractivity contribution is 7.89. The normalized spacial score (nSPS) is 18.2. The van der Waals surface area contributed by atoms with Crippen LogP contribution in [0.3, 0.4) is 0 Å². The number of hydrogen-bond donors (Lipinski definition) is 1. The molecule has 24 heavy (non-hydrogen) atoms. The van der Waals surface area contributed by atoms with Gasteiger partial charge in [0.1, 0.15) is 10.6 Å². The fourth-order valence-electron chi connectivity index (χ4n) is 2.44. The minimum absolute atomic E-state index is 0.0299. The van der Waals surface area contributed by atoms with Crippen molar-refractivity contribution in [3.8, 4) is 0 Å². The first-order valence-corrected chi connectivity index (χ1v) is 10.5. The largest absolute Gasteiger partial charge is 0.349 e. The van der Waals surface area contributed by atoms with Gasteiger partial charge in [0.25, 0.3) is 5.91 Å². The van der Waals surface area contributed by atoms with E-state index in [-0.39, 0.29) is 29.4 Å². The fourth-order valence-corrected chi connectivity index (χ4v) is 4.94. The molecular formula is C13H22N4O5S2. The number of carbonyl (C=O) groups excluding carboxylic acids is 1. The van der Waals surface area contributed by atoms with Gasteiger partial charge in [0.15, 0.2) is 0 Å². The van der Waals surface area contributed by atoms with Crippen molar-refractivity contribution in [3.05, 3.63) is 18.0 Å². The lowest BCUT2D eigenvalue weighted by atomic mass is 10.4. The van der Waals surface area contributed by atoms with Gasteiger partial charge in [0.05, 0.1) is 5.75 Å². The summed E-state index contributed by atoms with van der Waals surface area (Å²) in [4.78, 5) is 12.2. The number of aromatic nitrogens is 1. The zero-order chi connectivity index (χ0) is 18.1. The highest BCUT2D eigenvalue weighted by Gasteiger charge is 2.28. The highest BCUT2D eigenvalue weighted by atomic mass is 32.2. The van der Waals surface area contributed by atoms with Gasteiger partial charge in [0, 0.05) is 47.0 Å². The van der Waals surface area contributed by atoms with E-state index >= 15 is 0 Å². The Morgan fingerprint density at radius 3 is 2.58 bits per heavy atom. The molecule has 0 spiro atoms. The van der Waals surface area contributed by atoms with E-state index in [4.69, 9.17) is 0 Å². The second-order valence-electron chi connectivity index (χ2n) is 5.78. The topological polar surface area (TPSA) is 109 Å². The van der Waals surface area contributed by atoms with Crippen molar-refractivity contribution in [2.24, 2.45) is 7.05 Å². The molecule has 1 saturated heterocycles. The van der Waals surface area contributed by atoms with Crippen molar-refractivity contribution in [1.82, 2.24) is 18.5 Å². The average Bonchev–Trinajstić information content (AvgIpc) is 3.02. The smallest absolute Gasteiger partial charge is 0.267 e. The van der Waals surface area contributed by atoms with Crippen LogP contribution in [0.25, 0.3) is 0 Å². The van der Waals surface area contributed by atoms with Crippen LogP contribution in [0.2, 0.25) is 0 Å². The first-order chi connectivity index (χ1) is 11.1. The lowest BCUT2D eigenvalue weighted by Crippen LogP contribution is -2.36. The average molecular weight is 378 g/mol. The zero-order valence-electron chi connectivity index (χ0n) is 13.9. The first-order valence-electron chi connectivity index (χ1n) is 7.40. The van der Waals surface area contributed by atoms with Crippen LogP contribution in [0.1, 0.15) is 16.9 Å². The summed E-state index contributed by atoms with van der Waals surface area (Å²) in [6.45, 7) is 0.841. The summed E-state index contributed by atoms with van der Waals surface area (Å²) >= 11 is 0. The third kappa shape index (κ3) is 3.79. The number of aryl methyl sites for hydroxylation is 1. The van der Waals surface area contributed by atoms with Gasteiger partial charge in [-0.05, 0) is 12.5 Å². The SMILES string of the molecule is CN(C)S(=O)(=O)c1cc(C(=O)NCCN2CCCS2(=O)=O)n(C)c1. The molecule has 11 heteroatoms. The summed E-state index contributed by atoms with van der Waals surface area (Å²) in [6, 6.07) is 1.30. The minimum atomic E-state index is -3.62. The van der Waals surface area contributed by atoms with Crippen molar-refractivity contribution in [3.63, 3.8) is 0 Å². The zero-order valence-corrected chi connectivity index (χ0v) is 15.5. The third-order valence-electron chi connectivity index (χ3n) is 3.84. The molecule has 0 bridgehead atoms. The van der Waals surface area contributed by atoms with Gasteiger partial charge in [-0.15, -0.1) is 0 Å². The van der Waals surface area contributed by atoms with E-state index in [0.29, 0.717) is 13.0 Å². The van der Waals surface area contributed by atoms with Crippen molar-refractivity contribution in [2.75, 3.05) is 39.5 Å². The van der Waals surface area contributed by atoms with Crippen molar-refractivity contribution in [1.29, 1.82) is 0 Å². The van der Waals surface area contributed by atoms with Gasteiger partial charge in [0.2, 0.25) is 20.0 Å². The molecule has 2 heterocycles. The summed E-state index contributed by atoms with van der Waals surface area (Å²) in [5, 5.41) is 2.62. The number of amides is 1. The van der Waals surface area contributed by atoms with Crippen LogP contribution >= 0.6 is 0 Å². The fraction of sp³-hybridized carbons (Fsp3) is 0.615. The minimum Gasteiger partial charge on any atom is -0.349 e. The van der Waals surface area contributed by atoms with Crippen LogP contribution < -0.4 is 5.32 Å². The Kier molecular flexibility index (Phi) is 5.37. The Morgan fingerprint density at radius 1 is 1.38 bits per heavy atom. The predicted octanol–water partition coefficient (Wildman–Crippen LogP) is -0.959. The number of rotatable bonds is 6. The van der Waals surface area contributed by atoms with Crippen LogP contribution in [0.15, 0.2) is 17.2 Å². The molecule has 9 nitrogen and oxygen atoms in total. The molecule has 0 radical (unpaired) electrons. The quantitative estimate of drug-likeness (QED) is 0.686. The summed E-state index contributed by atoms with van der Waals surface area (Å²) in [5.74, 6) is -0.306. The van der Waals surface area contributed by atoms with E-state index < -0.39 is 26.0 Å². The van der Waals surface area contributed by atoms with Gasteiger partial charge in [-0.1, -0.05) is 0 Å². The molecule has 0 saturated carbocycles. The monoisotopic (exact) mass is 378 g/mol. The van der Waals surface area contributed by atoms with E-state index in [1.165, 1.54) is 35.2 Å². The Morgan fingerprint density at radius 2 is 2.04 bits per heavy atom. The Hall–Kier alpha value is -1.43. The van der Waals surface area contributed by atoms with Gasteiger partial charge in [-0.3, -0.25) is 4.79 Å². The molecule has 0 unspecified atom stereocenters. The van der Waals surface area contributed by atoms with E-state index in [9.17, 15) is 21.6 Å². The molecule has 0 atom stereocenters. The van der Waals surface area contributed by atoms with E-state index in [1.807, 2.05) is 0 Å². The Balaban J connectivity index is 2.02. The molecule has 136 valence electrons. The molecule has 1 aliphatic heterocycles. The number of nitrogens with zero attached hydrogens (tertiary/aromatic N) is 3. The number of carbonyl (C=O) groups is 1. The summed E-state index contributed by atoms with van der Waals surface area (Å²) in [6.07, 6.45) is 1.97.